The Morgan fingerprint density at radius 2 is 2.00 bits per heavy atom. The van der Waals surface area contributed by atoms with Crippen LogP contribution < -0.4 is 0 Å². The third kappa shape index (κ3) is 2.47. The average molecular weight is 201 g/mol. The normalized spacial score (nSPS) is 30.2. The van der Waals surface area contributed by atoms with Crippen LogP contribution in [-0.4, -0.2) is 41.0 Å². The molecule has 1 N–H and O–H groups in total. The minimum Gasteiger partial charge on any atom is -0.394 e. The Morgan fingerprint density at radius 3 is 2.29 bits per heavy atom. The van der Waals surface area contributed by atoms with E-state index in [1.807, 2.05) is 0 Å². The highest BCUT2D eigenvalue weighted by atomic mass is 16.5. The summed E-state index contributed by atoms with van der Waals surface area (Å²) in [5.41, 5.74) is 0.110. The number of nitrogens with zero attached hydrogens (tertiary/aromatic N) is 1. The molecule has 1 aliphatic rings. The summed E-state index contributed by atoms with van der Waals surface area (Å²) < 4.78 is 5.79. The Hall–Kier alpha value is -0.120. The molecule has 1 rings (SSSR count). The van der Waals surface area contributed by atoms with Crippen LogP contribution in [0.2, 0.25) is 0 Å². The van der Waals surface area contributed by atoms with E-state index in [1.54, 1.807) is 0 Å². The topological polar surface area (TPSA) is 32.7 Å². The second-order valence-corrected chi connectivity index (χ2v) is 5.40. The molecule has 3 nitrogen and oxygen atoms in total. The Labute approximate surface area is 87.1 Å². The largest absolute Gasteiger partial charge is 0.394 e. The van der Waals surface area contributed by atoms with Gasteiger partial charge in [-0.25, -0.2) is 0 Å². The van der Waals surface area contributed by atoms with Gasteiger partial charge >= 0.3 is 0 Å². The third-order valence-corrected chi connectivity index (χ3v) is 2.67. The predicted octanol–water partition coefficient (Wildman–Crippen LogP) is 1.46. The number of rotatable bonds is 2. The molecule has 84 valence electrons. The fourth-order valence-corrected chi connectivity index (χ4v) is 1.91. The van der Waals surface area contributed by atoms with Crippen LogP contribution in [0.3, 0.4) is 0 Å². The molecule has 0 aromatic heterocycles. The minimum atomic E-state index is -0.0124. The third-order valence-electron chi connectivity index (χ3n) is 2.67. The van der Waals surface area contributed by atoms with Gasteiger partial charge in [0.1, 0.15) is 6.23 Å². The van der Waals surface area contributed by atoms with E-state index in [4.69, 9.17) is 9.84 Å². The Balaban J connectivity index is 2.72. The Kier molecular flexibility index (Phi) is 3.56. The van der Waals surface area contributed by atoms with Gasteiger partial charge in [0.05, 0.1) is 12.7 Å². The molecule has 2 atom stereocenters. The van der Waals surface area contributed by atoms with Crippen LogP contribution in [0.25, 0.3) is 0 Å². The quantitative estimate of drug-likeness (QED) is 0.734. The maximum absolute atomic E-state index is 9.10. The first-order valence-electron chi connectivity index (χ1n) is 5.39. The zero-order valence-corrected chi connectivity index (χ0v) is 9.95. The smallest absolute Gasteiger partial charge is 0.113 e. The van der Waals surface area contributed by atoms with Gasteiger partial charge in [-0.2, -0.15) is 0 Å². The average Bonchev–Trinajstić information content (AvgIpc) is 2.46. The second kappa shape index (κ2) is 4.17. The van der Waals surface area contributed by atoms with E-state index in [9.17, 15) is 0 Å². The molecule has 0 radical (unpaired) electrons. The fourth-order valence-electron chi connectivity index (χ4n) is 1.91. The Bertz CT molecular complexity index is 186. The zero-order valence-electron chi connectivity index (χ0n) is 9.95. The fraction of sp³-hybridized carbons (Fsp3) is 1.00. The molecular weight excluding hydrogens is 178 g/mol. The van der Waals surface area contributed by atoms with Gasteiger partial charge in [-0.1, -0.05) is 13.8 Å². The maximum Gasteiger partial charge on any atom is 0.113 e. The summed E-state index contributed by atoms with van der Waals surface area (Å²) in [4.78, 5) is 2.33. The molecule has 1 heterocycles. The molecule has 0 bridgehead atoms. The SMILES string of the molecule is CC(C)[C@@H]1OC(CO)CN1C(C)(C)C. The van der Waals surface area contributed by atoms with E-state index in [-0.39, 0.29) is 24.5 Å². The summed E-state index contributed by atoms with van der Waals surface area (Å²) >= 11 is 0. The molecule has 0 spiro atoms. The van der Waals surface area contributed by atoms with Crippen molar-refractivity contribution in [2.24, 2.45) is 5.92 Å². The summed E-state index contributed by atoms with van der Waals surface area (Å²) in [5, 5.41) is 9.10. The first kappa shape index (κ1) is 12.0. The van der Waals surface area contributed by atoms with E-state index < -0.39 is 0 Å². The van der Waals surface area contributed by atoms with E-state index in [0.29, 0.717) is 5.92 Å². The molecule has 1 fully saturated rings. The number of hydrogen-bond acceptors (Lipinski definition) is 3. The highest BCUT2D eigenvalue weighted by Gasteiger charge is 2.39. The van der Waals surface area contributed by atoms with Crippen LogP contribution in [0.5, 0.6) is 0 Å². The van der Waals surface area contributed by atoms with Crippen LogP contribution in [0.15, 0.2) is 0 Å². The van der Waals surface area contributed by atoms with Crippen molar-refractivity contribution >= 4 is 0 Å². The standard InChI is InChI=1S/C11H23NO2/c1-8(2)10-12(11(3,4)5)6-9(7-13)14-10/h8-10,13H,6-7H2,1-5H3/t9?,10-/m0/s1. The van der Waals surface area contributed by atoms with Crippen molar-refractivity contribution in [3.8, 4) is 0 Å². The molecule has 0 aliphatic carbocycles. The van der Waals surface area contributed by atoms with E-state index in [0.717, 1.165) is 6.54 Å². The number of ether oxygens (including phenoxy) is 1. The van der Waals surface area contributed by atoms with Crippen molar-refractivity contribution in [2.75, 3.05) is 13.2 Å². The van der Waals surface area contributed by atoms with Crippen LogP contribution in [0, 0.1) is 5.92 Å². The highest BCUT2D eigenvalue weighted by Crippen LogP contribution is 2.29. The van der Waals surface area contributed by atoms with Crippen molar-refractivity contribution in [3.63, 3.8) is 0 Å². The van der Waals surface area contributed by atoms with Crippen LogP contribution >= 0.6 is 0 Å². The van der Waals surface area contributed by atoms with Gasteiger partial charge < -0.3 is 9.84 Å². The lowest BCUT2D eigenvalue weighted by Crippen LogP contribution is -2.47. The zero-order chi connectivity index (χ0) is 10.9. The molecule has 0 amide bonds. The van der Waals surface area contributed by atoms with Gasteiger partial charge in [-0.05, 0) is 26.7 Å². The van der Waals surface area contributed by atoms with Crippen molar-refractivity contribution in [3.05, 3.63) is 0 Å². The summed E-state index contributed by atoms with van der Waals surface area (Å²) in [6.45, 7) is 11.8. The molecule has 0 aromatic rings. The lowest BCUT2D eigenvalue weighted by atomic mass is 10.0. The molecule has 1 aliphatic heterocycles. The van der Waals surface area contributed by atoms with Crippen molar-refractivity contribution < 1.29 is 9.84 Å². The summed E-state index contributed by atoms with van der Waals surface area (Å²) in [7, 11) is 0. The molecular formula is C11H23NO2. The maximum atomic E-state index is 9.10. The van der Waals surface area contributed by atoms with Crippen molar-refractivity contribution in [1.29, 1.82) is 0 Å². The lowest BCUT2D eigenvalue weighted by molar-refractivity contribution is -0.0656. The van der Waals surface area contributed by atoms with Gasteiger partial charge in [0.15, 0.2) is 0 Å². The van der Waals surface area contributed by atoms with Crippen LogP contribution in [0.4, 0.5) is 0 Å². The van der Waals surface area contributed by atoms with Gasteiger partial charge in [-0.3, -0.25) is 4.90 Å². The first-order valence-corrected chi connectivity index (χ1v) is 5.39. The van der Waals surface area contributed by atoms with E-state index in [1.165, 1.54) is 0 Å². The predicted molar refractivity (Wildman–Crippen MR) is 57.0 cm³/mol. The number of hydrogen-bond donors (Lipinski definition) is 1. The van der Waals surface area contributed by atoms with Crippen LogP contribution in [0.1, 0.15) is 34.6 Å². The minimum absolute atomic E-state index is 0.0124. The number of aliphatic hydroxyl groups is 1. The van der Waals surface area contributed by atoms with Crippen LogP contribution in [-0.2, 0) is 4.74 Å². The molecule has 0 saturated carbocycles. The number of aliphatic hydroxyl groups excluding tert-OH is 1. The molecule has 1 unspecified atom stereocenters. The summed E-state index contributed by atoms with van der Waals surface area (Å²) in [5.74, 6) is 0.464. The summed E-state index contributed by atoms with van der Waals surface area (Å²) in [6, 6.07) is 0. The Morgan fingerprint density at radius 1 is 1.43 bits per heavy atom. The molecule has 0 aromatic carbocycles. The van der Waals surface area contributed by atoms with E-state index >= 15 is 0 Å². The van der Waals surface area contributed by atoms with Gasteiger partial charge in [0.25, 0.3) is 0 Å². The van der Waals surface area contributed by atoms with Gasteiger partial charge in [-0.15, -0.1) is 0 Å². The molecule has 14 heavy (non-hydrogen) atoms. The van der Waals surface area contributed by atoms with E-state index in [2.05, 4.69) is 39.5 Å². The van der Waals surface area contributed by atoms with Crippen molar-refractivity contribution in [1.82, 2.24) is 4.90 Å². The van der Waals surface area contributed by atoms with Gasteiger partial charge in [0, 0.05) is 12.1 Å². The van der Waals surface area contributed by atoms with Gasteiger partial charge in [0.2, 0.25) is 0 Å². The molecule has 3 heteroatoms. The second-order valence-electron chi connectivity index (χ2n) is 5.40. The molecule has 1 saturated heterocycles. The highest BCUT2D eigenvalue weighted by molar-refractivity contribution is 4.87. The lowest BCUT2D eigenvalue weighted by Gasteiger charge is -2.37. The first-order chi connectivity index (χ1) is 6.36. The monoisotopic (exact) mass is 201 g/mol. The van der Waals surface area contributed by atoms with Crippen molar-refractivity contribution in [2.45, 2.75) is 52.5 Å². The summed E-state index contributed by atoms with van der Waals surface area (Å²) in [6.07, 6.45) is 0.133.